The van der Waals surface area contributed by atoms with Gasteiger partial charge in [0.15, 0.2) is 0 Å². The van der Waals surface area contributed by atoms with E-state index in [0.717, 1.165) is 17.5 Å². The molecule has 1 fully saturated rings. The molecule has 0 radical (unpaired) electrons. The molecule has 8 nitrogen and oxygen atoms in total. The van der Waals surface area contributed by atoms with Gasteiger partial charge in [-0.3, -0.25) is 19.6 Å². The lowest BCUT2D eigenvalue weighted by Crippen LogP contribution is -2.41. The zero-order chi connectivity index (χ0) is 17.4. The summed E-state index contributed by atoms with van der Waals surface area (Å²) in [6.07, 6.45) is 4.94. The molecule has 25 heavy (non-hydrogen) atoms. The highest BCUT2D eigenvalue weighted by atomic mass is 16.4. The van der Waals surface area contributed by atoms with Gasteiger partial charge in [-0.25, -0.2) is 4.79 Å². The Hall–Kier alpha value is -2.90. The monoisotopic (exact) mass is 342 g/mol. The first-order chi connectivity index (χ1) is 12.1. The second kappa shape index (κ2) is 6.19. The predicted molar refractivity (Wildman–Crippen MR) is 86.9 cm³/mol. The number of nitrogens with zero attached hydrogens (tertiary/aromatic N) is 2. The van der Waals surface area contributed by atoms with Gasteiger partial charge < -0.3 is 14.6 Å². The second-order valence-corrected chi connectivity index (χ2v) is 6.52. The maximum atomic E-state index is 12.5. The number of aromatic amines is 1. The van der Waals surface area contributed by atoms with Crippen LogP contribution in [0.25, 0.3) is 0 Å². The molecule has 2 N–H and O–H groups in total. The first kappa shape index (κ1) is 15.6. The Morgan fingerprint density at radius 2 is 2.24 bits per heavy atom. The van der Waals surface area contributed by atoms with Crippen LogP contribution < -0.4 is 11.1 Å². The number of carbonyl (C=O) groups is 2. The zero-order valence-corrected chi connectivity index (χ0v) is 13.5. The minimum absolute atomic E-state index is 0.00835. The number of hydrogen-bond donors (Lipinski definition) is 2. The Kier molecular flexibility index (Phi) is 3.87. The summed E-state index contributed by atoms with van der Waals surface area (Å²) in [4.78, 5) is 44.1. The van der Waals surface area contributed by atoms with Crippen molar-refractivity contribution in [2.24, 2.45) is 5.92 Å². The van der Waals surface area contributed by atoms with Crippen molar-refractivity contribution >= 4 is 11.8 Å². The number of likely N-dealkylation sites (tertiary alicyclic amines) is 1. The van der Waals surface area contributed by atoms with Crippen molar-refractivity contribution in [1.29, 1.82) is 0 Å². The molecule has 0 bridgehead atoms. The van der Waals surface area contributed by atoms with Crippen molar-refractivity contribution < 1.29 is 14.0 Å². The summed E-state index contributed by atoms with van der Waals surface area (Å²) in [6, 6.07) is 3.82. The van der Waals surface area contributed by atoms with Crippen LogP contribution in [0.2, 0.25) is 0 Å². The standard InChI is InChI=1S/C17H18N4O4/c22-15(11-6-10-2-1-4-18-13(10)7-11)19-12-3-5-21(8-12)16(23)14-9-25-17(24)20-14/h1-2,4,9,11-12H,3,5-8H2,(H,19,22)(H,20,24). The number of aromatic nitrogens is 2. The van der Waals surface area contributed by atoms with Crippen LogP contribution in [0.5, 0.6) is 0 Å². The first-order valence-electron chi connectivity index (χ1n) is 8.30. The maximum absolute atomic E-state index is 12.5. The van der Waals surface area contributed by atoms with E-state index in [9.17, 15) is 14.4 Å². The van der Waals surface area contributed by atoms with Gasteiger partial charge in [-0.15, -0.1) is 0 Å². The largest absolute Gasteiger partial charge is 0.416 e. The molecule has 1 aliphatic carbocycles. The molecule has 3 heterocycles. The Bertz CT molecular complexity index is 846. The summed E-state index contributed by atoms with van der Waals surface area (Å²) in [5.74, 6) is -1.03. The van der Waals surface area contributed by atoms with Gasteiger partial charge in [0.2, 0.25) is 5.91 Å². The topological polar surface area (TPSA) is 108 Å². The molecule has 2 atom stereocenters. The van der Waals surface area contributed by atoms with Crippen molar-refractivity contribution in [1.82, 2.24) is 20.2 Å². The lowest BCUT2D eigenvalue weighted by Gasteiger charge is -2.17. The molecule has 1 saturated heterocycles. The van der Waals surface area contributed by atoms with Crippen LogP contribution in [0.4, 0.5) is 0 Å². The highest BCUT2D eigenvalue weighted by Crippen LogP contribution is 2.25. The number of fused-ring (bicyclic) bond motifs is 1. The summed E-state index contributed by atoms with van der Waals surface area (Å²) >= 11 is 0. The van der Waals surface area contributed by atoms with E-state index in [-0.39, 0.29) is 29.5 Å². The summed E-state index contributed by atoms with van der Waals surface area (Å²) in [5, 5.41) is 3.04. The van der Waals surface area contributed by atoms with Crippen molar-refractivity contribution in [3.05, 3.63) is 52.1 Å². The third-order valence-electron chi connectivity index (χ3n) is 4.83. The number of H-pyrrole nitrogens is 1. The molecule has 0 saturated carbocycles. The minimum Gasteiger partial charge on any atom is -0.416 e. The van der Waals surface area contributed by atoms with Gasteiger partial charge in [0.1, 0.15) is 12.0 Å². The van der Waals surface area contributed by atoms with Gasteiger partial charge in [-0.1, -0.05) is 6.07 Å². The first-order valence-corrected chi connectivity index (χ1v) is 8.30. The molecule has 0 spiro atoms. The van der Waals surface area contributed by atoms with E-state index >= 15 is 0 Å². The fourth-order valence-electron chi connectivity index (χ4n) is 3.53. The van der Waals surface area contributed by atoms with E-state index in [1.165, 1.54) is 0 Å². The third-order valence-corrected chi connectivity index (χ3v) is 4.83. The molecule has 2 amide bonds. The van der Waals surface area contributed by atoms with Gasteiger partial charge in [0.25, 0.3) is 5.91 Å². The van der Waals surface area contributed by atoms with E-state index in [0.29, 0.717) is 32.4 Å². The molecule has 8 heteroatoms. The lowest BCUT2D eigenvalue weighted by atomic mass is 10.1. The lowest BCUT2D eigenvalue weighted by molar-refractivity contribution is -0.125. The van der Waals surface area contributed by atoms with Crippen LogP contribution in [0, 0.1) is 5.92 Å². The molecule has 130 valence electrons. The van der Waals surface area contributed by atoms with Gasteiger partial charge in [-0.05, 0) is 24.5 Å². The van der Waals surface area contributed by atoms with Crippen LogP contribution in [0.1, 0.15) is 28.2 Å². The van der Waals surface area contributed by atoms with Crippen molar-refractivity contribution in [3.8, 4) is 0 Å². The molecular formula is C17H18N4O4. The van der Waals surface area contributed by atoms with Crippen molar-refractivity contribution in [2.75, 3.05) is 13.1 Å². The van der Waals surface area contributed by atoms with Crippen LogP contribution >= 0.6 is 0 Å². The van der Waals surface area contributed by atoms with Gasteiger partial charge in [0, 0.05) is 43.4 Å². The van der Waals surface area contributed by atoms with Gasteiger partial charge in [-0.2, -0.15) is 0 Å². The van der Waals surface area contributed by atoms with Crippen molar-refractivity contribution in [3.63, 3.8) is 0 Å². The number of hydrogen-bond acceptors (Lipinski definition) is 5. The number of nitrogens with one attached hydrogen (secondary N) is 2. The molecule has 0 aromatic carbocycles. The average Bonchev–Trinajstić information content (AvgIpc) is 3.32. The van der Waals surface area contributed by atoms with Crippen LogP contribution in [-0.2, 0) is 17.6 Å². The molecule has 2 aromatic heterocycles. The number of amides is 2. The van der Waals surface area contributed by atoms with E-state index in [1.807, 2.05) is 12.1 Å². The average molecular weight is 342 g/mol. The predicted octanol–water partition coefficient (Wildman–Crippen LogP) is 0.109. The summed E-state index contributed by atoms with van der Waals surface area (Å²) in [6.45, 7) is 0.957. The normalized spacial score (nSPS) is 22.0. The molecule has 4 rings (SSSR count). The molecule has 2 aliphatic rings. The van der Waals surface area contributed by atoms with E-state index in [2.05, 4.69) is 19.7 Å². The van der Waals surface area contributed by atoms with E-state index in [1.54, 1.807) is 11.1 Å². The van der Waals surface area contributed by atoms with E-state index < -0.39 is 5.76 Å². The molecular weight excluding hydrogens is 324 g/mol. The zero-order valence-electron chi connectivity index (χ0n) is 13.5. The molecule has 2 unspecified atom stereocenters. The van der Waals surface area contributed by atoms with E-state index in [4.69, 9.17) is 0 Å². The second-order valence-electron chi connectivity index (χ2n) is 6.52. The SMILES string of the molecule is O=C(NC1CCN(C(=O)c2coc(=O)[nH]2)C1)C1Cc2cccnc2C1. The summed E-state index contributed by atoms with van der Waals surface area (Å²) in [7, 11) is 0. The number of pyridine rings is 1. The van der Waals surface area contributed by atoms with Crippen LogP contribution in [-0.4, -0.2) is 45.8 Å². The highest BCUT2D eigenvalue weighted by molar-refractivity contribution is 5.92. The van der Waals surface area contributed by atoms with Gasteiger partial charge in [0.05, 0.1) is 0 Å². The van der Waals surface area contributed by atoms with Crippen molar-refractivity contribution in [2.45, 2.75) is 25.3 Å². The Labute approximate surface area is 143 Å². The Morgan fingerprint density at radius 1 is 1.36 bits per heavy atom. The summed E-state index contributed by atoms with van der Waals surface area (Å²) in [5.41, 5.74) is 2.26. The number of oxazole rings is 1. The fraction of sp³-hybridized carbons (Fsp3) is 0.412. The van der Waals surface area contributed by atoms with Crippen LogP contribution in [0.3, 0.4) is 0 Å². The smallest absolute Gasteiger partial charge is 0.416 e. The minimum atomic E-state index is -0.651. The molecule has 2 aromatic rings. The Balaban J connectivity index is 1.33. The number of rotatable bonds is 3. The number of carbonyl (C=O) groups excluding carboxylic acids is 2. The fourth-order valence-corrected chi connectivity index (χ4v) is 3.53. The van der Waals surface area contributed by atoms with Gasteiger partial charge >= 0.3 is 5.76 Å². The Morgan fingerprint density at radius 3 is 3.00 bits per heavy atom. The molecule has 1 aliphatic heterocycles. The maximum Gasteiger partial charge on any atom is 0.416 e. The quantitative estimate of drug-likeness (QED) is 0.823. The highest BCUT2D eigenvalue weighted by Gasteiger charge is 2.33. The summed E-state index contributed by atoms with van der Waals surface area (Å²) < 4.78 is 4.60. The third kappa shape index (κ3) is 3.07. The van der Waals surface area contributed by atoms with Crippen LogP contribution in [0.15, 0.2) is 33.8 Å².